The van der Waals surface area contributed by atoms with Gasteiger partial charge < -0.3 is 19.8 Å². The third-order valence-electron chi connectivity index (χ3n) is 5.34. The molecule has 1 amide bonds. The van der Waals surface area contributed by atoms with E-state index in [1.54, 1.807) is 11.0 Å². The molecule has 2 atom stereocenters. The minimum atomic E-state index is -0.834. The van der Waals surface area contributed by atoms with E-state index in [1.165, 1.54) is 0 Å². The van der Waals surface area contributed by atoms with Gasteiger partial charge in [-0.05, 0) is 45.0 Å². The summed E-state index contributed by atoms with van der Waals surface area (Å²) >= 11 is 0. The van der Waals surface area contributed by atoms with Crippen LogP contribution in [0.25, 0.3) is 0 Å². The maximum atomic E-state index is 13.0. The Morgan fingerprint density at radius 1 is 1.24 bits per heavy atom. The molecule has 25 heavy (non-hydrogen) atoms. The van der Waals surface area contributed by atoms with Gasteiger partial charge in [0.2, 0.25) is 0 Å². The van der Waals surface area contributed by atoms with Gasteiger partial charge in [-0.1, -0.05) is 6.07 Å². The number of aliphatic carboxylic acids is 1. The lowest BCUT2D eigenvalue weighted by Gasteiger charge is -2.28. The molecule has 0 unspecified atom stereocenters. The van der Waals surface area contributed by atoms with Crippen LogP contribution in [0.5, 0.6) is 0 Å². The fourth-order valence-electron chi connectivity index (χ4n) is 3.64. The fraction of sp³-hybridized carbons (Fsp3) is 0.611. The molecule has 1 aromatic rings. The summed E-state index contributed by atoms with van der Waals surface area (Å²) in [6.07, 6.45) is 2.30. The molecule has 0 aliphatic carbocycles. The van der Waals surface area contributed by atoms with Crippen molar-refractivity contribution in [3.05, 3.63) is 23.4 Å². The van der Waals surface area contributed by atoms with Gasteiger partial charge in [-0.25, -0.2) is 4.98 Å². The number of carboxylic acid groups (broad SMARTS) is 1. The lowest BCUT2D eigenvalue weighted by atomic mass is 10.0. The van der Waals surface area contributed by atoms with E-state index in [2.05, 4.69) is 14.8 Å². The minimum Gasteiger partial charge on any atom is -0.481 e. The fourth-order valence-corrected chi connectivity index (χ4v) is 3.64. The second-order valence-corrected chi connectivity index (χ2v) is 7.29. The van der Waals surface area contributed by atoms with Gasteiger partial charge in [0.15, 0.2) is 0 Å². The number of fused-ring (bicyclic) bond motifs is 1. The Kier molecular flexibility index (Phi) is 4.94. The van der Waals surface area contributed by atoms with Gasteiger partial charge >= 0.3 is 5.97 Å². The first-order chi connectivity index (χ1) is 11.9. The Hall–Kier alpha value is -2.15. The van der Waals surface area contributed by atoms with E-state index >= 15 is 0 Å². The van der Waals surface area contributed by atoms with Gasteiger partial charge in [-0.15, -0.1) is 0 Å². The van der Waals surface area contributed by atoms with E-state index < -0.39 is 11.9 Å². The smallest absolute Gasteiger partial charge is 0.308 e. The highest BCUT2D eigenvalue weighted by atomic mass is 16.4. The number of hydrogen-bond acceptors (Lipinski definition) is 5. The molecule has 0 saturated carbocycles. The van der Waals surface area contributed by atoms with Gasteiger partial charge in [0.1, 0.15) is 11.5 Å². The molecule has 1 N–H and O–H groups in total. The van der Waals surface area contributed by atoms with Crippen LogP contribution in [0.2, 0.25) is 0 Å². The van der Waals surface area contributed by atoms with E-state index in [1.807, 2.05) is 27.2 Å². The molecule has 7 nitrogen and oxygen atoms in total. The first-order valence-electron chi connectivity index (χ1n) is 8.76. The van der Waals surface area contributed by atoms with Crippen molar-refractivity contribution in [1.82, 2.24) is 14.8 Å². The van der Waals surface area contributed by atoms with Crippen LogP contribution in [0.1, 0.15) is 28.9 Å². The number of carboxylic acids is 1. The summed E-state index contributed by atoms with van der Waals surface area (Å²) in [5, 5.41) is 9.45. The summed E-state index contributed by atoms with van der Waals surface area (Å²) < 4.78 is 0. The average molecular weight is 346 g/mol. The van der Waals surface area contributed by atoms with Crippen molar-refractivity contribution in [3.8, 4) is 0 Å². The summed E-state index contributed by atoms with van der Waals surface area (Å²) in [5.74, 6) is -0.674. The van der Waals surface area contributed by atoms with Crippen molar-refractivity contribution in [3.63, 3.8) is 0 Å². The molecule has 0 radical (unpaired) electrons. The Labute approximate surface area is 148 Å². The Morgan fingerprint density at radius 3 is 2.68 bits per heavy atom. The molecule has 3 rings (SSSR count). The van der Waals surface area contributed by atoms with Crippen LogP contribution >= 0.6 is 0 Å². The van der Waals surface area contributed by atoms with Crippen LogP contribution in [0, 0.1) is 5.92 Å². The molecule has 136 valence electrons. The number of carbonyl (C=O) groups is 2. The van der Waals surface area contributed by atoms with E-state index in [9.17, 15) is 14.7 Å². The van der Waals surface area contributed by atoms with E-state index in [4.69, 9.17) is 0 Å². The number of nitrogens with zero attached hydrogens (tertiary/aromatic N) is 4. The Morgan fingerprint density at radius 2 is 2.00 bits per heavy atom. The molecular formula is C18H26N4O3. The zero-order chi connectivity index (χ0) is 18.1. The van der Waals surface area contributed by atoms with E-state index in [0.29, 0.717) is 18.7 Å². The van der Waals surface area contributed by atoms with Crippen LogP contribution in [-0.2, 0) is 11.2 Å². The van der Waals surface area contributed by atoms with Crippen molar-refractivity contribution >= 4 is 17.7 Å². The van der Waals surface area contributed by atoms with Crippen molar-refractivity contribution in [2.45, 2.75) is 25.3 Å². The van der Waals surface area contributed by atoms with Crippen LogP contribution in [-0.4, -0.2) is 78.6 Å². The van der Waals surface area contributed by atoms with Crippen LogP contribution in [0.3, 0.4) is 0 Å². The summed E-state index contributed by atoms with van der Waals surface area (Å²) in [6.45, 7) is 1.69. The summed E-state index contributed by atoms with van der Waals surface area (Å²) in [4.78, 5) is 34.9. The third kappa shape index (κ3) is 3.61. The first kappa shape index (κ1) is 17.7. The van der Waals surface area contributed by atoms with E-state index in [-0.39, 0.29) is 18.5 Å². The maximum Gasteiger partial charge on any atom is 0.308 e. The van der Waals surface area contributed by atoms with Crippen LogP contribution in [0.4, 0.5) is 5.82 Å². The molecule has 0 bridgehead atoms. The van der Waals surface area contributed by atoms with Crippen molar-refractivity contribution in [1.29, 1.82) is 0 Å². The summed E-state index contributed by atoms with van der Waals surface area (Å²) in [7, 11) is 5.91. The quantitative estimate of drug-likeness (QED) is 0.878. The number of hydrogen-bond donors (Lipinski definition) is 1. The molecular weight excluding hydrogens is 320 g/mol. The van der Waals surface area contributed by atoms with Crippen LogP contribution in [0.15, 0.2) is 12.1 Å². The van der Waals surface area contributed by atoms with Gasteiger partial charge in [-0.3, -0.25) is 9.59 Å². The number of carbonyl (C=O) groups excluding carboxylic acids is 1. The number of likely N-dealkylation sites (N-methyl/N-ethyl adjacent to an activating group) is 2. The molecule has 1 saturated heterocycles. The Balaban J connectivity index is 1.85. The normalized spacial score (nSPS) is 23.5. The largest absolute Gasteiger partial charge is 0.481 e. The molecule has 7 heteroatoms. The van der Waals surface area contributed by atoms with Crippen LogP contribution < -0.4 is 4.90 Å². The standard InChI is InChI=1S/C18H26N4O3/c1-20(2)14-6-4-13(18(24)25)10-22(11-14)17(23)15-7-5-12-8-9-21(3)16(12)19-15/h5,7,13-14H,4,6,8-11H2,1-3H3,(H,24,25)/t13-,14+/m0/s1. The van der Waals surface area contributed by atoms with Gasteiger partial charge in [-0.2, -0.15) is 0 Å². The number of likely N-dealkylation sites (tertiary alicyclic amines) is 1. The van der Waals surface area contributed by atoms with Crippen molar-refractivity contribution < 1.29 is 14.7 Å². The van der Waals surface area contributed by atoms with Crippen molar-refractivity contribution in [2.75, 3.05) is 45.7 Å². The number of anilines is 1. The number of rotatable bonds is 3. The summed E-state index contributed by atoms with van der Waals surface area (Å²) in [5.41, 5.74) is 1.56. The molecule has 3 heterocycles. The predicted molar refractivity (Wildman–Crippen MR) is 94.9 cm³/mol. The molecule has 2 aliphatic heterocycles. The molecule has 1 fully saturated rings. The number of aromatic nitrogens is 1. The second-order valence-electron chi connectivity index (χ2n) is 7.29. The average Bonchev–Trinajstić information content (AvgIpc) is 2.81. The van der Waals surface area contributed by atoms with Gasteiger partial charge in [0.05, 0.1) is 5.92 Å². The molecule has 2 aliphatic rings. The Bertz CT molecular complexity index is 676. The topological polar surface area (TPSA) is 77.0 Å². The highest BCUT2D eigenvalue weighted by Gasteiger charge is 2.32. The molecule has 0 spiro atoms. The second kappa shape index (κ2) is 7.00. The zero-order valence-electron chi connectivity index (χ0n) is 15.1. The zero-order valence-corrected chi connectivity index (χ0v) is 15.1. The maximum absolute atomic E-state index is 13.0. The summed E-state index contributed by atoms with van der Waals surface area (Å²) in [6, 6.07) is 3.89. The molecule has 0 aromatic carbocycles. The highest BCUT2D eigenvalue weighted by molar-refractivity contribution is 5.93. The SMILES string of the molecule is CN1CCc2ccc(C(=O)N3C[C@@H](C(=O)O)CC[C@@H](N(C)C)C3)nc21. The monoisotopic (exact) mass is 346 g/mol. The third-order valence-corrected chi connectivity index (χ3v) is 5.34. The lowest BCUT2D eigenvalue weighted by molar-refractivity contribution is -0.142. The lowest BCUT2D eigenvalue weighted by Crippen LogP contribution is -2.43. The minimum absolute atomic E-state index is 0.158. The number of amides is 1. The predicted octanol–water partition coefficient (Wildman–Crippen LogP) is 0.941. The number of pyridine rings is 1. The first-order valence-corrected chi connectivity index (χ1v) is 8.76. The van der Waals surface area contributed by atoms with E-state index in [0.717, 1.165) is 30.8 Å². The highest BCUT2D eigenvalue weighted by Crippen LogP contribution is 2.26. The molecule has 1 aromatic heterocycles. The van der Waals surface area contributed by atoms with Crippen molar-refractivity contribution in [2.24, 2.45) is 5.92 Å². The van der Waals surface area contributed by atoms with Gasteiger partial charge in [0.25, 0.3) is 5.91 Å². The van der Waals surface area contributed by atoms with Gasteiger partial charge in [0, 0.05) is 32.7 Å².